The molecule has 0 aliphatic rings. The van der Waals surface area contributed by atoms with Crippen molar-refractivity contribution in [1.29, 1.82) is 0 Å². The van der Waals surface area contributed by atoms with Gasteiger partial charge in [-0.05, 0) is 37.1 Å². The Morgan fingerprint density at radius 1 is 1.28 bits per heavy atom. The molecule has 2 N–H and O–H groups in total. The fourth-order valence-corrected chi connectivity index (χ4v) is 1.72. The summed E-state index contributed by atoms with van der Waals surface area (Å²) in [7, 11) is 0. The Morgan fingerprint density at radius 2 is 2.06 bits per heavy atom. The van der Waals surface area contributed by atoms with E-state index in [2.05, 4.69) is 24.2 Å². The van der Waals surface area contributed by atoms with Crippen LogP contribution in [0.25, 0.3) is 5.69 Å². The van der Waals surface area contributed by atoms with Crippen LogP contribution in [0.1, 0.15) is 18.9 Å². The van der Waals surface area contributed by atoms with Crippen LogP contribution in [0.2, 0.25) is 0 Å². The van der Waals surface area contributed by atoms with Crippen LogP contribution in [-0.2, 0) is 6.42 Å². The second-order valence-corrected chi connectivity index (χ2v) is 4.17. The zero-order chi connectivity index (χ0) is 12.8. The van der Waals surface area contributed by atoms with Crippen molar-refractivity contribution in [1.82, 2.24) is 9.78 Å². The lowest BCUT2D eigenvalue weighted by Crippen LogP contribution is -2.02. The second-order valence-electron chi connectivity index (χ2n) is 4.17. The minimum atomic E-state index is 0.677. The first-order valence-corrected chi connectivity index (χ1v) is 6.30. The molecule has 1 heterocycles. The zero-order valence-corrected chi connectivity index (χ0v) is 10.7. The fourth-order valence-electron chi connectivity index (χ4n) is 1.72. The number of aromatic nitrogens is 2. The highest BCUT2D eigenvalue weighted by atomic mass is 16.5. The van der Waals surface area contributed by atoms with Crippen molar-refractivity contribution in [2.75, 3.05) is 13.2 Å². The van der Waals surface area contributed by atoms with Crippen molar-refractivity contribution < 1.29 is 4.74 Å². The third-order valence-corrected chi connectivity index (χ3v) is 2.67. The summed E-state index contributed by atoms with van der Waals surface area (Å²) in [6, 6.07) is 8.25. The third kappa shape index (κ3) is 3.11. The maximum Gasteiger partial charge on any atom is 0.157 e. The monoisotopic (exact) mass is 245 g/mol. The first-order valence-electron chi connectivity index (χ1n) is 6.30. The van der Waals surface area contributed by atoms with Gasteiger partial charge in [-0.1, -0.05) is 19.1 Å². The molecule has 0 aliphatic heterocycles. The van der Waals surface area contributed by atoms with E-state index in [1.54, 1.807) is 6.20 Å². The van der Waals surface area contributed by atoms with Crippen LogP contribution in [0.4, 0.5) is 0 Å². The molecule has 0 spiro atoms. The van der Waals surface area contributed by atoms with E-state index in [1.165, 1.54) is 5.56 Å². The summed E-state index contributed by atoms with van der Waals surface area (Å²) in [4.78, 5) is 0. The predicted molar refractivity (Wildman–Crippen MR) is 72.1 cm³/mol. The van der Waals surface area contributed by atoms with E-state index in [9.17, 15) is 0 Å². The van der Waals surface area contributed by atoms with Gasteiger partial charge in [-0.2, -0.15) is 5.10 Å². The van der Waals surface area contributed by atoms with Crippen molar-refractivity contribution in [3.63, 3.8) is 0 Å². The Kier molecular flexibility index (Phi) is 4.36. The summed E-state index contributed by atoms with van der Waals surface area (Å²) >= 11 is 0. The second kappa shape index (κ2) is 6.21. The average Bonchev–Trinajstić information content (AvgIpc) is 2.86. The molecular weight excluding hydrogens is 226 g/mol. The fraction of sp³-hybridized carbons (Fsp3) is 0.357. The molecule has 0 radical (unpaired) electrons. The minimum Gasteiger partial charge on any atom is -0.490 e. The number of hydrogen-bond acceptors (Lipinski definition) is 3. The van der Waals surface area contributed by atoms with E-state index in [0.29, 0.717) is 6.54 Å². The van der Waals surface area contributed by atoms with E-state index < -0.39 is 0 Å². The molecular formula is C14H19N3O. The Hall–Kier alpha value is -1.81. The molecule has 0 saturated carbocycles. The molecule has 0 saturated heterocycles. The number of hydrogen-bond donors (Lipinski definition) is 1. The molecule has 1 aromatic heterocycles. The van der Waals surface area contributed by atoms with Crippen molar-refractivity contribution in [3.05, 3.63) is 42.2 Å². The van der Waals surface area contributed by atoms with E-state index in [0.717, 1.165) is 30.9 Å². The normalized spacial score (nSPS) is 10.6. The van der Waals surface area contributed by atoms with Crippen LogP contribution in [0.15, 0.2) is 36.7 Å². The van der Waals surface area contributed by atoms with Crippen LogP contribution in [0.5, 0.6) is 5.75 Å². The summed E-state index contributed by atoms with van der Waals surface area (Å²) < 4.78 is 7.34. The van der Waals surface area contributed by atoms with Crippen LogP contribution >= 0.6 is 0 Å². The molecule has 96 valence electrons. The van der Waals surface area contributed by atoms with Crippen molar-refractivity contribution in [2.45, 2.75) is 19.8 Å². The molecule has 2 rings (SSSR count). The number of benzene rings is 1. The van der Waals surface area contributed by atoms with Gasteiger partial charge in [-0.15, -0.1) is 0 Å². The highest BCUT2D eigenvalue weighted by molar-refractivity contribution is 5.35. The standard InChI is InChI=1S/C14H19N3O/c1-2-9-18-14-10-16-17(11-14)13-5-3-12(4-6-13)7-8-15/h3-6,10-11H,2,7-9,15H2,1H3. The quantitative estimate of drug-likeness (QED) is 0.848. The summed E-state index contributed by atoms with van der Waals surface area (Å²) in [5.41, 5.74) is 7.80. The summed E-state index contributed by atoms with van der Waals surface area (Å²) in [5.74, 6) is 0.808. The minimum absolute atomic E-state index is 0.677. The van der Waals surface area contributed by atoms with Gasteiger partial charge in [0.25, 0.3) is 0 Å². The van der Waals surface area contributed by atoms with E-state index in [-0.39, 0.29) is 0 Å². The van der Waals surface area contributed by atoms with Crippen LogP contribution in [0, 0.1) is 0 Å². The summed E-state index contributed by atoms with van der Waals surface area (Å²) in [6.07, 6.45) is 5.54. The highest BCUT2D eigenvalue weighted by Crippen LogP contribution is 2.14. The molecule has 0 aliphatic carbocycles. The average molecular weight is 245 g/mol. The number of nitrogens with zero attached hydrogens (tertiary/aromatic N) is 2. The topological polar surface area (TPSA) is 53.1 Å². The van der Waals surface area contributed by atoms with Crippen LogP contribution < -0.4 is 10.5 Å². The largest absolute Gasteiger partial charge is 0.490 e. The lowest BCUT2D eigenvalue weighted by atomic mass is 10.1. The predicted octanol–water partition coefficient (Wildman–Crippen LogP) is 2.16. The molecule has 0 amide bonds. The zero-order valence-electron chi connectivity index (χ0n) is 10.7. The first kappa shape index (κ1) is 12.6. The Balaban J connectivity index is 2.08. The van der Waals surface area contributed by atoms with E-state index >= 15 is 0 Å². The van der Waals surface area contributed by atoms with Gasteiger partial charge < -0.3 is 10.5 Å². The van der Waals surface area contributed by atoms with Crippen molar-refractivity contribution in [2.24, 2.45) is 5.73 Å². The van der Waals surface area contributed by atoms with Crippen molar-refractivity contribution in [3.8, 4) is 11.4 Å². The van der Waals surface area contributed by atoms with Gasteiger partial charge in [-0.25, -0.2) is 4.68 Å². The maximum atomic E-state index is 5.53. The Bertz CT molecular complexity index is 476. The Labute approximate surface area is 107 Å². The molecule has 0 bridgehead atoms. The number of ether oxygens (including phenoxy) is 1. The molecule has 4 heteroatoms. The van der Waals surface area contributed by atoms with Gasteiger partial charge >= 0.3 is 0 Å². The molecule has 0 atom stereocenters. The maximum absolute atomic E-state index is 5.53. The SMILES string of the molecule is CCCOc1cnn(-c2ccc(CCN)cc2)c1. The third-order valence-electron chi connectivity index (χ3n) is 2.67. The summed E-state index contributed by atoms with van der Waals surface area (Å²) in [5, 5.41) is 4.28. The van der Waals surface area contributed by atoms with Gasteiger partial charge in [0, 0.05) is 0 Å². The number of rotatable bonds is 6. The molecule has 0 unspecified atom stereocenters. The summed E-state index contributed by atoms with van der Waals surface area (Å²) in [6.45, 7) is 3.48. The van der Waals surface area contributed by atoms with Gasteiger partial charge in [0.05, 0.1) is 24.7 Å². The molecule has 4 nitrogen and oxygen atoms in total. The van der Waals surface area contributed by atoms with Crippen molar-refractivity contribution >= 4 is 0 Å². The highest BCUT2D eigenvalue weighted by Gasteiger charge is 2.01. The van der Waals surface area contributed by atoms with Gasteiger partial charge in [0.1, 0.15) is 0 Å². The molecule has 2 aromatic rings. The van der Waals surface area contributed by atoms with E-state index in [1.807, 2.05) is 23.0 Å². The Morgan fingerprint density at radius 3 is 2.72 bits per heavy atom. The van der Waals surface area contributed by atoms with Gasteiger partial charge in [0.15, 0.2) is 5.75 Å². The molecule has 0 fully saturated rings. The van der Waals surface area contributed by atoms with Crippen LogP contribution in [0.3, 0.4) is 0 Å². The van der Waals surface area contributed by atoms with Gasteiger partial charge in [-0.3, -0.25) is 0 Å². The lowest BCUT2D eigenvalue weighted by Gasteiger charge is -2.03. The van der Waals surface area contributed by atoms with Gasteiger partial charge in [0.2, 0.25) is 0 Å². The number of nitrogens with two attached hydrogens (primary N) is 1. The first-order chi connectivity index (χ1) is 8.83. The molecule has 1 aromatic carbocycles. The molecule has 18 heavy (non-hydrogen) atoms. The van der Waals surface area contributed by atoms with E-state index in [4.69, 9.17) is 10.5 Å². The lowest BCUT2D eigenvalue weighted by molar-refractivity contribution is 0.317. The van der Waals surface area contributed by atoms with Crippen LogP contribution in [-0.4, -0.2) is 22.9 Å². The smallest absolute Gasteiger partial charge is 0.157 e.